The molecule has 1 heterocycles. The molecule has 1 aromatic heterocycles. The van der Waals surface area contributed by atoms with Crippen molar-refractivity contribution >= 4 is 11.9 Å². The van der Waals surface area contributed by atoms with Crippen molar-refractivity contribution in [2.24, 2.45) is 0 Å². The van der Waals surface area contributed by atoms with Gasteiger partial charge in [0.2, 0.25) is 5.95 Å². The Morgan fingerprint density at radius 2 is 1.91 bits per heavy atom. The van der Waals surface area contributed by atoms with E-state index in [0.717, 1.165) is 5.56 Å². The smallest absolute Gasteiger partial charge is 0.254 e. The molecule has 1 aromatic carbocycles. The highest BCUT2D eigenvalue weighted by Crippen LogP contribution is 2.05. The van der Waals surface area contributed by atoms with Crippen LogP contribution >= 0.6 is 0 Å². The number of carbonyl (C=O) groups excluding carboxylic acids is 1. The highest BCUT2D eigenvalue weighted by molar-refractivity contribution is 5.93. The summed E-state index contributed by atoms with van der Waals surface area (Å²) in [6, 6.07) is 9.87. The van der Waals surface area contributed by atoms with Crippen LogP contribution in [0.3, 0.4) is 0 Å². The van der Waals surface area contributed by atoms with E-state index in [0.29, 0.717) is 24.5 Å². The van der Waals surface area contributed by atoms with Crippen LogP contribution in [-0.2, 0) is 11.2 Å². The summed E-state index contributed by atoms with van der Waals surface area (Å²) in [6.45, 7) is 0.441. The molecule has 22 heavy (non-hydrogen) atoms. The first-order valence-electron chi connectivity index (χ1n) is 7.06. The summed E-state index contributed by atoms with van der Waals surface area (Å²) in [5.74, 6) is 0.273. The molecule has 0 spiro atoms. The van der Waals surface area contributed by atoms with E-state index in [1.54, 1.807) is 14.2 Å². The summed E-state index contributed by atoms with van der Waals surface area (Å²) in [6.07, 6.45) is 3.71. The van der Waals surface area contributed by atoms with Gasteiger partial charge < -0.3 is 15.4 Å². The summed E-state index contributed by atoms with van der Waals surface area (Å²) in [7, 11) is 3.35. The second-order valence-electron chi connectivity index (χ2n) is 4.86. The van der Waals surface area contributed by atoms with Crippen LogP contribution in [0.1, 0.15) is 15.9 Å². The fourth-order valence-electron chi connectivity index (χ4n) is 2.09. The molecule has 0 aliphatic rings. The number of nitrogens with zero attached hydrogens (tertiary/aromatic N) is 2. The molecule has 2 rings (SSSR count). The maximum atomic E-state index is 12.3. The number of carbonyl (C=O) groups is 1. The van der Waals surface area contributed by atoms with Gasteiger partial charge in [0.15, 0.2) is 0 Å². The largest absolute Gasteiger partial charge is 0.383 e. The maximum absolute atomic E-state index is 12.3. The minimum Gasteiger partial charge on any atom is -0.383 e. The summed E-state index contributed by atoms with van der Waals surface area (Å²) in [5, 5.41) is 5.77. The molecule has 0 aliphatic heterocycles. The van der Waals surface area contributed by atoms with E-state index in [-0.39, 0.29) is 11.9 Å². The van der Waals surface area contributed by atoms with Gasteiger partial charge in [-0.2, -0.15) is 0 Å². The normalized spacial score (nSPS) is 11.7. The molecule has 6 heteroatoms. The number of methoxy groups -OCH3 is 1. The molecule has 1 amide bonds. The molecule has 1 atom stereocenters. The van der Waals surface area contributed by atoms with Crippen LogP contribution in [0.5, 0.6) is 0 Å². The lowest BCUT2D eigenvalue weighted by molar-refractivity contribution is 0.0896. The highest BCUT2D eigenvalue weighted by Gasteiger charge is 2.15. The minimum atomic E-state index is -0.208. The van der Waals surface area contributed by atoms with Gasteiger partial charge >= 0.3 is 0 Å². The van der Waals surface area contributed by atoms with Crippen LogP contribution in [0.2, 0.25) is 0 Å². The Morgan fingerprint density at radius 1 is 1.23 bits per heavy atom. The Balaban J connectivity index is 2.01. The fraction of sp³-hybridized carbons (Fsp3) is 0.312. The van der Waals surface area contributed by atoms with Gasteiger partial charge in [-0.3, -0.25) is 4.79 Å². The first kappa shape index (κ1) is 15.9. The molecule has 0 aliphatic carbocycles. The second-order valence-corrected chi connectivity index (χ2v) is 4.86. The molecule has 0 fully saturated rings. The number of ether oxygens (including phenoxy) is 1. The predicted molar refractivity (Wildman–Crippen MR) is 84.9 cm³/mol. The van der Waals surface area contributed by atoms with E-state index in [9.17, 15) is 4.79 Å². The standard InChI is InChI=1S/C16H20N4O2/c1-17-16-18-9-13(10-19-16)15(21)20-14(11-22-2)8-12-6-4-3-5-7-12/h3-7,9-10,14H,8,11H2,1-2H3,(H,20,21)(H,17,18,19)/t14-/m0/s1. The van der Waals surface area contributed by atoms with Crippen molar-refractivity contribution in [3.05, 3.63) is 53.9 Å². The molecule has 0 bridgehead atoms. The zero-order valence-corrected chi connectivity index (χ0v) is 12.7. The molecule has 0 saturated carbocycles. The molecule has 0 unspecified atom stereocenters. The van der Waals surface area contributed by atoms with Crippen molar-refractivity contribution in [1.82, 2.24) is 15.3 Å². The third-order valence-corrected chi connectivity index (χ3v) is 3.17. The molecular formula is C16H20N4O2. The second kappa shape index (κ2) is 8.09. The van der Waals surface area contributed by atoms with Crippen molar-refractivity contribution in [3.8, 4) is 0 Å². The predicted octanol–water partition coefficient (Wildman–Crippen LogP) is 1.51. The number of rotatable bonds is 7. The van der Waals surface area contributed by atoms with Gasteiger partial charge in [-0.15, -0.1) is 0 Å². The number of benzene rings is 1. The molecule has 0 saturated heterocycles. The molecule has 0 radical (unpaired) electrons. The van der Waals surface area contributed by atoms with E-state index in [1.807, 2.05) is 30.3 Å². The van der Waals surface area contributed by atoms with Crippen LogP contribution in [-0.4, -0.2) is 42.7 Å². The van der Waals surface area contributed by atoms with E-state index in [1.165, 1.54) is 12.4 Å². The van der Waals surface area contributed by atoms with Gasteiger partial charge in [0, 0.05) is 26.6 Å². The number of nitrogens with one attached hydrogen (secondary N) is 2. The van der Waals surface area contributed by atoms with Crippen LogP contribution in [0.4, 0.5) is 5.95 Å². The van der Waals surface area contributed by atoms with Gasteiger partial charge in [-0.1, -0.05) is 30.3 Å². The van der Waals surface area contributed by atoms with Crippen molar-refractivity contribution in [1.29, 1.82) is 0 Å². The SMILES string of the molecule is CNc1ncc(C(=O)N[C@H](COC)Cc2ccccc2)cn1. The Bertz CT molecular complexity index is 587. The van der Waals surface area contributed by atoms with Crippen LogP contribution in [0.15, 0.2) is 42.7 Å². The third kappa shape index (κ3) is 4.53. The molecule has 116 valence electrons. The Morgan fingerprint density at radius 3 is 2.50 bits per heavy atom. The van der Waals surface area contributed by atoms with Gasteiger partial charge in [-0.25, -0.2) is 9.97 Å². The lowest BCUT2D eigenvalue weighted by Crippen LogP contribution is -2.39. The van der Waals surface area contributed by atoms with Gasteiger partial charge in [0.05, 0.1) is 18.2 Å². The zero-order chi connectivity index (χ0) is 15.8. The number of anilines is 1. The number of hydrogen-bond donors (Lipinski definition) is 2. The monoisotopic (exact) mass is 300 g/mol. The van der Waals surface area contributed by atoms with Crippen molar-refractivity contribution in [3.63, 3.8) is 0 Å². The van der Waals surface area contributed by atoms with Crippen molar-refractivity contribution < 1.29 is 9.53 Å². The number of amides is 1. The summed E-state index contributed by atoms with van der Waals surface area (Å²) in [5.41, 5.74) is 1.57. The zero-order valence-electron chi connectivity index (χ0n) is 12.7. The maximum Gasteiger partial charge on any atom is 0.254 e. The number of aromatic nitrogens is 2. The van der Waals surface area contributed by atoms with Crippen LogP contribution in [0, 0.1) is 0 Å². The Hall–Kier alpha value is -2.47. The number of hydrogen-bond acceptors (Lipinski definition) is 5. The average Bonchev–Trinajstić information content (AvgIpc) is 2.56. The first-order chi connectivity index (χ1) is 10.7. The van der Waals surface area contributed by atoms with Crippen LogP contribution in [0.25, 0.3) is 0 Å². The first-order valence-corrected chi connectivity index (χ1v) is 7.06. The molecular weight excluding hydrogens is 280 g/mol. The Kier molecular flexibility index (Phi) is 5.85. The minimum absolute atomic E-state index is 0.108. The molecule has 2 N–H and O–H groups in total. The summed E-state index contributed by atoms with van der Waals surface area (Å²) in [4.78, 5) is 20.3. The highest BCUT2D eigenvalue weighted by atomic mass is 16.5. The van der Waals surface area contributed by atoms with Gasteiger partial charge in [0.1, 0.15) is 0 Å². The lowest BCUT2D eigenvalue weighted by atomic mass is 10.1. The Labute approximate surface area is 129 Å². The summed E-state index contributed by atoms with van der Waals surface area (Å²) < 4.78 is 5.19. The van der Waals surface area contributed by atoms with Crippen LogP contribution < -0.4 is 10.6 Å². The van der Waals surface area contributed by atoms with Crippen molar-refractivity contribution in [2.45, 2.75) is 12.5 Å². The van der Waals surface area contributed by atoms with Gasteiger partial charge in [0.25, 0.3) is 5.91 Å². The van der Waals surface area contributed by atoms with Gasteiger partial charge in [-0.05, 0) is 12.0 Å². The molecule has 6 nitrogen and oxygen atoms in total. The quantitative estimate of drug-likeness (QED) is 0.810. The van der Waals surface area contributed by atoms with E-state index >= 15 is 0 Å². The lowest BCUT2D eigenvalue weighted by Gasteiger charge is -2.18. The van der Waals surface area contributed by atoms with E-state index in [2.05, 4.69) is 20.6 Å². The molecule has 2 aromatic rings. The average molecular weight is 300 g/mol. The van der Waals surface area contributed by atoms with Crippen molar-refractivity contribution in [2.75, 3.05) is 26.1 Å². The summed E-state index contributed by atoms with van der Waals surface area (Å²) >= 11 is 0. The van der Waals surface area contributed by atoms with E-state index in [4.69, 9.17) is 4.74 Å². The fourth-order valence-corrected chi connectivity index (χ4v) is 2.09. The van der Waals surface area contributed by atoms with E-state index < -0.39 is 0 Å². The third-order valence-electron chi connectivity index (χ3n) is 3.17. The topological polar surface area (TPSA) is 76.1 Å².